The molecule has 144 valence electrons. The van der Waals surface area contributed by atoms with Crippen LogP contribution in [-0.2, 0) is 11.2 Å². The molecule has 27 heavy (non-hydrogen) atoms. The van der Waals surface area contributed by atoms with Crippen LogP contribution in [0.3, 0.4) is 0 Å². The van der Waals surface area contributed by atoms with Gasteiger partial charge in [0.1, 0.15) is 24.1 Å². The first kappa shape index (κ1) is 19.2. The Morgan fingerprint density at radius 3 is 2.44 bits per heavy atom. The molecular formula is C19H23N3O5. The van der Waals surface area contributed by atoms with Gasteiger partial charge in [0, 0.05) is 13.3 Å². The minimum atomic E-state index is -1.61. The zero-order valence-corrected chi connectivity index (χ0v) is 14.8. The summed E-state index contributed by atoms with van der Waals surface area (Å²) in [5, 5.41) is 43.5. The summed E-state index contributed by atoms with van der Waals surface area (Å²) in [4.78, 5) is 19.2. The Labute approximate surface area is 155 Å². The molecule has 2 aromatic carbocycles. The van der Waals surface area contributed by atoms with E-state index < -0.39 is 36.9 Å². The van der Waals surface area contributed by atoms with E-state index in [1.54, 1.807) is 0 Å². The van der Waals surface area contributed by atoms with Gasteiger partial charge in [-0.2, -0.15) is 0 Å². The van der Waals surface area contributed by atoms with Crippen LogP contribution in [-0.4, -0.2) is 67.3 Å². The van der Waals surface area contributed by atoms with Gasteiger partial charge in [0.2, 0.25) is 5.91 Å². The SMILES string of the molecule is CC(=O)N[C@@H](Cc1nc2cc3ccccc3cc2[nH]1)[C@@H](O)[C@H](O)[C@H](O)CO. The Kier molecular flexibility index (Phi) is 5.71. The highest BCUT2D eigenvalue weighted by molar-refractivity contribution is 5.95. The van der Waals surface area contributed by atoms with Gasteiger partial charge in [0.25, 0.3) is 0 Å². The quantitative estimate of drug-likeness (QED) is 0.340. The summed E-state index contributed by atoms with van der Waals surface area (Å²) >= 11 is 0. The lowest BCUT2D eigenvalue weighted by Gasteiger charge is -2.28. The monoisotopic (exact) mass is 373 g/mol. The van der Waals surface area contributed by atoms with Gasteiger partial charge in [-0.25, -0.2) is 4.98 Å². The van der Waals surface area contributed by atoms with E-state index >= 15 is 0 Å². The molecule has 0 saturated heterocycles. The van der Waals surface area contributed by atoms with E-state index in [1.807, 2.05) is 36.4 Å². The second kappa shape index (κ2) is 8.01. The number of fused-ring (bicyclic) bond motifs is 2. The Bertz CT molecular complexity index is 889. The topological polar surface area (TPSA) is 139 Å². The van der Waals surface area contributed by atoms with Crippen LogP contribution in [0.25, 0.3) is 21.8 Å². The number of hydrogen-bond acceptors (Lipinski definition) is 6. The number of rotatable bonds is 7. The number of amides is 1. The molecule has 0 radical (unpaired) electrons. The number of aromatic amines is 1. The highest BCUT2D eigenvalue weighted by Crippen LogP contribution is 2.22. The molecule has 1 aromatic heterocycles. The molecule has 3 aromatic rings. The molecule has 0 saturated carbocycles. The van der Waals surface area contributed by atoms with Crippen molar-refractivity contribution in [3.05, 3.63) is 42.2 Å². The van der Waals surface area contributed by atoms with Crippen molar-refractivity contribution < 1.29 is 25.2 Å². The van der Waals surface area contributed by atoms with Crippen molar-refractivity contribution in [2.24, 2.45) is 0 Å². The minimum absolute atomic E-state index is 0.112. The van der Waals surface area contributed by atoms with E-state index in [4.69, 9.17) is 5.11 Å². The van der Waals surface area contributed by atoms with E-state index in [2.05, 4.69) is 15.3 Å². The van der Waals surface area contributed by atoms with Crippen molar-refractivity contribution in [1.29, 1.82) is 0 Å². The standard InChI is InChI=1S/C19H23N3O5/c1-10(24)20-15(18(26)19(27)16(25)9-23)8-17-21-13-6-11-4-2-3-5-12(11)7-14(13)22-17/h2-7,15-16,18-19,23,25-27H,8-9H2,1H3,(H,20,24)(H,21,22)/t15-,16+,18+,19+/m0/s1. The molecule has 8 heteroatoms. The highest BCUT2D eigenvalue weighted by Gasteiger charge is 2.32. The second-order valence-corrected chi connectivity index (χ2v) is 6.64. The van der Waals surface area contributed by atoms with Gasteiger partial charge in [0.05, 0.1) is 23.7 Å². The third kappa shape index (κ3) is 4.25. The van der Waals surface area contributed by atoms with E-state index in [-0.39, 0.29) is 6.42 Å². The van der Waals surface area contributed by atoms with Crippen molar-refractivity contribution >= 4 is 27.7 Å². The fourth-order valence-electron chi connectivity index (χ4n) is 3.15. The molecule has 0 fully saturated rings. The molecule has 1 heterocycles. The number of benzene rings is 2. The van der Waals surface area contributed by atoms with E-state index in [9.17, 15) is 20.1 Å². The summed E-state index contributed by atoms with van der Waals surface area (Å²) < 4.78 is 0. The lowest BCUT2D eigenvalue weighted by atomic mass is 9.98. The molecule has 0 spiro atoms. The predicted octanol–water partition coefficient (Wildman–Crippen LogP) is -0.162. The van der Waals surface area contributed by atoms with Crippen molar-refractivity contribution in [1.82, 2.24) is 15.3 Å². The summed E-state index contributed by atoms with van der Waals surface area (Å²) in [5.41, 5.74) is 1.56. The summed E-state index contributed by atoms with van der Waals surface area (Å²) in [7, 11) is 0. The highest BCUT2D eigenvalue weighted by atomic mass is 16.4. The maximum Gasteiger partial charge on any atom is 0.217 e. The van der Waals surface area contributed by atoms with Crippen molar-refractivity contribution in [3.63, 3.8) is 0 Å². The van der Waals surface area contributed by atoms with Crippen molar-refractivity contribution in [2.45, 2.75) is 37.7 Å². The number of nitrogens with zero attached hydrogens (tertiary/aromatic N) is 1. The number of aromatic nitrogens is 2. The van der Waals surface area contributed by atoms with Crippen LogP contribution in [0.1, 0.15) is 12.7 Å². The van der Waals surface area contributed by atoms with Crippen LogP contribution < -0.4 is 5.32 Å². The number of aliphatic hydroxyl groups is 4. The fourth-order valence-corrected chi connectivity index (χ4v) is 3.15. The molecule has 0 aliphatic carbocycles. The van der Waals surface area contributed by atoms with Crippen molar-refractivity contribution in [3.8, 4) is 0 Å². The summed E-state index contributed by atoms with van der Waals surface area (Å²) in [6, 6.07) is 10.9. The van der Waals surface area contributed by atoms with Gasteiger partial charge in [-0.05, 0) is 22.9 Å². The number of nitrogens with one attached hydrogen (secondary N) is 2. The Hall–Kier alpha value is -2.52. The molecule has 1 amide bonds. The van der Waals surface area contributed by atoms with E-state index in [0.717, 1.165) is 21.8 Å². The van der Waals surface area contributed by atoms with E-state index in [1.165, 1.54) is 6.92 Å². The van der Waals surface area contributed by atoms with Crippen LogP contribution in [0, 0.1) is 0 Å². The third-order valence-corrected chi connectivity index (χ3v) is 4.54. The van der Waals surface area contributed by atoms with Gasteiger partial charge in [-0.1, -0.05) is 24.3 Å². The predicted molar refractivity (Wildman–Crippen MR) is 100 cm³/mol. The zero-order chi connectivity index (χ0) is 19.6. The number of carbonyl (C=O) groups excluding carboxylic acids is 1. The van der Waals surface area contributed by atoms with Crippen LogP contribution in [0.5, 0.6) is 0 Å². The minimum Gasteiger partial charge on any atom is -0.394 e. The molecule has 0 aliphatic rings. The van der Waals surface area contributed by atoms with Crippen LogP contribution >= 0.6 is 0 Å². The number of hydrogen-bond donors (Lipinski definition) is 6. The van der Waals surface area contributed by atoms with Gasteiger partial charge in [-0.3, -0.25) is 4.79 Å². The maximum absolute atomic E-state index is 11.5. The second-order valence-electron chi connectivity index (χ2n) is 6.64. The zero-order valence-electron chi connectivity index (χ0n) is 14.8. The van der Waals surface area contributed by atoms with Crippen LogP contribution in [0.2, 0.25) is 0 Å². The van der Waals surface area contributed by atoms with E-state index in [0.29, 0.717) is 5.82 Å². The first-order valence-electron chi connectivity index (χ1n) is 8.68. The smallest absolute Gasteiger partial charge is 0.217 e. The molecule has 0 unspecified atom stereocenters. The maximum atomic E-state index is 11.5. The number of imidazole rings is 1. The fraction of sp³-hybridized carbons (Fsp3) is 0.368. The Morgan fingerprint density at radius 1 is 1.15 bits per heavy atom. The molecule has 0 aliphatic heterocycles. The lowest BCUT2D eigenvalue weighted by Crippen LogP contribution is -2.53. The Balaban J connectivity index is 1.88. The molecule has 3 rings (SSSR count). The summed E-state index contributed by atoms with van der Waals surface area (Å²) in [6.07, 6.45) is -4.50. The largest absolute Gasteiger partial charge is 0.394 e. The summed E-state index contributed by atoms with van der Waals surface area (Å²) in [6.45, 7) is 0.585. The number of carbonyl (C=O) groups is 1. The van der Waals surface area contributed by atoms with Crippen LogP contribution in [0.15, 0.2) is 36.4 Å². The first-order valence-corrected chi connectivity index (χ1v) is 8.68. The average Bonchev–Trinajstić information content (AvgIpc) is 3.04. The lowest BCUT2D eigenvalue weighted by molar-refractivity contribution is -0.123. The number of H-pyrrole nitrogens is 1. The van der Waals surface area contributed by atoms with Gasteiger partial charge < -0.3 is 30.7 Å². The Morgan fingerprint density at radius 2 is 1.81 bits per heavy atom. The van der Waals surface area contributed by atoms with Crippen molar-refractivity contribution in [2.75, 3.05) is 6.61 Å². The molecule has 6 N–H and O–H groups in total. The molecular weight excluding hydrogens is 350 g/mol. The van der Waals surface area contributed by atoms with Crippen LogP contribution in [0.4, 0.5) is 0 Å². The van der Waals surface area contributed by atoms with Gasteiger partial charge >= 0.3 is 0 Å². The van der Waals surface area contributed by atoms with Gasteiger partial charge in [-0.15, -0.1) is 0 Å². The first-order chi connectivity index (χ1) is 12.9. The molecule has 0 bridgehead atoms. The molecule has 8 nitrogen and oxygen atoms in total. The third-order valence-electron chi connectivity index (χ3n) is 4.54. The van der Waals surface area contributed by atoms with Gasteiger partial charge in [0.15, 0.2) is 0 Å². The molecule has 4 atom stereocenters. The normalized spacial score (nSPS) is 16.2. The average molecular weight is 373 g/mol. The summed E-state index contributed by atoms with van der Waals surface area (Å²) in [5.74, 6) is 0.121. The number of aliphatic hydroxyl groups excluding tert-OH is 4.